The van der Waals surface area contributed by atoms with Crippen molar-refractivity contribution in [3.8, 4) is 0 Å². The van der Waals surface area contributed by atoms with E-state index >= 15 is 0 Å². The second-order valence-corrected chi connectivity index (χ2v) is 6.97. The zero-order valence-corrected chi connectivity index (χ0v) is 13.2. The van der Waals surface area contributed by atoms with Gasteiger partial charge in [-0.3, -0.25) is 4.79 Å². The molecule has 1 atom stereocenters. The number of aromatic nitrogens is 1. The predicted octanol–water partition coefficient (Wildman–Crippen LogP) is 3.90. The molecule has 2 aromatic rings. The van der Waals surface area contributed by atoms with Gasteiger partial charge in [-0.25, -0.2) is 4.98 Å². The van der Waals surface area contributed by atoms with Crippen LogP contribution in [0.3, 0.4) is 0 Å². The molecule has 0 saturated carbocycles. The van der Waals surface area contributed by atoms with E-state index in [1.54, 1.807) is 6.20 Å². The predicted molar refractivity (Wildman–Crippen MR) is 89.2 cm³/mol. The molecule has 0 radical (unpaired) electrons. The molecule has 1 fully saturated rings. The van der Waals surface area contributed by atoms with Gasteiger partial charge in [0, 0.05) is 23.4 Å². The van der Waals surface area contributed by atoms with Crippen LogP contribution in [0, 0.1) is 0 Å². The van der Waals surface area contributed by atoms with Crippen molar-refractivity contribution in [2.45, 2.75) is 24.5 Å². The van der Waals surface area contributed by atoms with Gasteiger partial charge < -0.3 is 5.32 Å². The summed E-state index contributed by atoms with van der Waals surface area (Å²) in [6.07, 6.45) is 5.30. The van der Waals surface area contributed by atoms with E-state index in [-0.39, 0.29) is 5.91 Å². The number of thioether (sulfide) groups is 1. The van der Waals surface area contributed by atoms with Gasteiger partial charge in [-0.1, -0.05) is 42.3 Å². The number of benzene rings is 1. The Morgan fingerprint density at radius 1 is 1.33 bits per heavy atom. The maximum absolute atomic E-state index is 12.4. The molecule has 3 rings (SSSR count). The van der Waals surface area contributed by atoms with Crippen molar-refractivity contribution in [2.24, 2.45) is 0 Å². The first kappa shape index (κ1) is 14.7. The molecule has 1 unspecified atom stereocenters. The van der Waals surface area contributed by atoms with Crippen LogP contribution in [-0.4, -0.2) is 28.4 Å². The van der Waals surface area contributed by atoms with Crippen LogP contribution in [0.5, 0.6) is 0 Å². The third-order valence-corrected chi connectivity index (χ3v) is 5.45. The van der Waals surface area contributed by atoms with Crippen LogP contribution >= 0.6 is 23.4 Å². The number of halogens is 1. The van der Waals surface area contributed by atoms with Crippen LogP contribution < -0.4 is 5.32 Å². The number of amides is 1. The molecular formula is C16H17ClN2OS. The summed E-state index contributed by atoms with van der Waals surface area (Å²) in [7, 11) is 0. The van der Waals surface area contributed by atoms with Crippen LogP contribution in [-0.2, 0) is 0 Å². The molecule has 1 aliphatic rings. The Morgan fingerprint density at radius 3 is 2.90 bits per heavy atom. The number of rotatable bonds is 3. The second-order valence-electron chi connectivity index (χ2n) is 5.21. The lowest BCUT2D eigenvalue weighted by Crippen LogP contribution is -2.32. The smallest absolute Gasteiger partial charge is 0.253 e. The van der Waals surface area contributed by atoms with Crippen molar-refractivity contribution in [3.05, 3.63) is 41.2 Å². The summed E-state index contributed by atoms with van der Waals surface area (Å²) >= 11 is 8.04. The maximum atomic E-state index is 12.4. The summed E-state index contributed by atoms with van der Waals surface area (Å²) in [6.45, 7) is 0.723. The Balaban J connectivity index is 1.77. The molecule has 2 heterocycles. The Hall–Kier alpha value is -1.26. The Kier molecular flexibility index (Phi) is 4.66. The molecule has 5 heteroatoms. The molecule has 110 valence electrons. The van der Waals surface area contributed by atoms with Gasteiger partial charge in [-0.15, -0.1) is 0 Å². The van der Waals surface area contributed by atoms with Crippen molar-refractivity contribution < 1.29 is 4.79 Å². The van der Waals surface area contributed by atoms with Crippen LogP contribution in [0.4, 0.5) is 0 Å². The number of nitrogens with zero attached hydrogens (tertiary/aromatic N) is 1. The standard InChI is InChI=1S/C16H17ClN2OS/c17-15-13-7-2-1-6-12(13)14(10-18-15)16(20)19-9-11-5-3-4-8-21-11/h1-2,6-7,10-11H,3-5,8-9H2,(H,19,20). The SMILES string of the molecule is O=C(NCC1CCCCS1)c1cnc(Cl)c2ccccc12. The fraction of sp³-hybridized carbons (Fsp3) is 0.375. The molecular weight excluding hydrogens is 304 g/mol. The van der Waals surface area contributed by atoms with E-state index in [0.29, 0.717) is 16.0 Å². The van der Waals surface area contributed by atoms with Gasteiger partial charge in [-0.2, -0.15) is 11.8 Å². The number of hydrogen-bond acceptors (Lipinski definition) is 3. The quantitative estimate of drug-likeness (QED) is 0.872. The Labute approximate surface area is 133 Å². The van der Waals surface area contributed by atoms with E-state index in [0.717, 1.165) is 17.3 Å². The maximum Gasteiger partial charge on any atom is 0.253 e. The van der Waals surface area contributed by atoms with Gasteiger partial charge in [0.1, 0.15) is 5.15 Å². The lowest BCUT2D eigenvalue weighted by molar-refractivity contribution is 0.0954. The van der Waals surface area contributed by atoms with Crippen LogP contribution in [0.15, 0.2) is 30.5 Å². The highest BCUT2D eigenvalue weighted by atomic mass is 35.5. The summed E-state index contributed by atoms with van der Waals surface area (Å²) in [5.74, 6) is 1.13. The highest BCUT2D eigenvalue weighted by molar-refractivity contribution is 7.99. The Morgan fingerprint density at radius 2 is 2.14 bits per heavy atom. The molecule has 1 amide bonds. The third kappa shape index (κ3) is 3.33. The van der Waals surface area contributed by atoms with Crippen LogP contribution in [0.1, 0.15) is 29.6 Å². The fourth-order valence-corrected chi connectivity index (χ4v) is 4.06. The largest absolute Gasteiger partial charge is 0.351 e. The molecule has 1 aliphatic heterocycles. The van der Waals surface area contributed by atoms with Gasteiger partial charge in [-0.05, 0) is 24.0 Å². The average molecular weight is 321 g/mol. The van der Waals surface area contributed by atoms with Gasteiger partial charge >= 0.3 is 0 Å². The number of fused-ring (bicyclic) bond motifs is 1. The van der Waals surface area contributed by atoms with Crippen molar-refractivity contribution in [2.75, 3.05) is 12.3 Å². The lowest BCUT2D eigenvalue weighted by Gasteiger charge is -2.21. The summed E-state index contributed by atoms with van der Waals surface area (Å²) in [5.41, 5.74) is 0.593. The molecule has 1 N–H and O–H groups in total. The van der Waals surface area contributed by atoms with Gasteiger partial charge in [0.2, 0.25) is 0 Å². The van der Waals surface area contributed by atoms with Crippen molar-refractivity contribution in [1.82, 2.24) is 10.3 Å². The monoisotopic (exact) mass is 320 g/mol. The zero-order chi connectivity index (χ0) is 14.7. The first-order valence-electron chi connectivity index (χ1n) is 7.19. The minimum atomic E-state index is -0.0680. The topological polar surface area (TPSA) is 42.0 Å². The van der Waals surface area contributed by atoms with E-state index in [2.05, 4.69) is 10.3 Å². The minimum Gasteiger partial charge on any atom is -0.351 e. The van der Waals surface area contributed by atoms with Gasteiger partial charge in [0.15, 0.2) is 0 Å². The van der Waals surface area contributed by atoms with E-state index in [9.17, 15) is 4.79 Å². The summed E-state index contributed by atoms with van der Waals surface area (Å²) in [4.78, 5) is 16.5. The first-order chi connectivity index (χ1) is 10.3. The minimum absolute atomic E-state index is 0.0680. The number of carbonyl (C=O) groups is 1. The average Bonchev–Trinajstić information content (AvgIpc) is 2.54. The molecule has 0 spiro atoms. The number of carbonyl (C=O) groups excluding carboxylic acids is 1. The molecule has 1 aromatic carbocycles. The number of hydrogen-bond donors (Lipinski definition) is 1. The molecule has 1 saturated heterocycles. The number of nitrogens with one attached hydrogen (secondary N) is 1. The summed E-state index contributed by atoms with van der Waals surface area (Å²) in [6, 6.07) is 7.61. The van der Waals surface area contributed by atoms with E-state index in [4.69, 9.17) is 11.6 Å². The third-order valence-electron chi connectivity index (χ3n) is 3.76. The summed E-state index contributed by atoms with van der Waals surface area (Å²) in [5, 5.41) is 5.68. The van der Waals surface area contributed by atoms with Crippen molar-refractivity contribution in [1.29, 1.82) is 0 Å². The molecule has 0 bridgehead atoms. The number of pyridine rings is 1. The van der Waals surface area contributed by atoms with Gasteiger partial charge in [0.25, 0.3) is 5.91 Å². The van der Waals surface area contributed by atoms with Crippen molar-refractivity contribution in [3.63, 3.8) is 0 Å². The fourth-order valence-electron chi connectivity index (χ4n) is 2.61. The van der Waals surface area contributed by atoms with Crippen LogP contribution in [0.2, 0.25) is 5.15 Å². The molecule has 0 aliphatic carbocycles. The van der Waals surface area contributed by atoms with Gasteiger partial charge in [0.05, 0.1) is 5.56 Å². The van der Waals surface area contributed by atoms with E-state index in [1.807, 2.05) is 36.0 Å². The Bertz CT molecular complexity index is 656. The van der Waals surface area contributed by atoms with E-state index in [1.165, 1.54) is 25.0 Å². The molecule has 3 nitrogen and oxygen atoms in total. The zero-order valence-electron chi connectivity index (χ0n) is 11.6. The first-order valence-corrected chi connectivity index (χ1v) is 8.61. The molecule has 21 heavy (non-hydrogen) atoms. The molecule has 1 aromatic heterocycles. The highest BCUT2D eigenvalue weighted by Gasteiger charge is 2.17. The summed E-state index contributed by atoms with van der Waals surface area (Å²) < 4.78 is 0. The van der Waals surface area contributed by atoms with Crippen LogP contribution in [0.25, 0.3) is 10.8 Å². The van der Waals surface area contributed by atoms with E-state index < -0.39 is 0 Å². The van der Waals surface area contributed by atoms with Crippen molar-refractivity contribution >= 4 is 40.0 Å². The lowest BCUT2D eigenvalue weighted by atomic mass is 10.1. The second kappa shape index (κ2) is 6.67. The normalized spacial score (nSPS) is 18.6. The highest BCUT2D eigenvalue weighted by Crippen LogP contribution is 2.26.